The molecule has 0 N–H and O–H groups in total. The first kappa shape index (κ1) is 12.4. The van der Waals surface area contributed by atoms with E-state index in [0.29, 0.717) is 5.56 Å². The molecule has 0 heterocycles. The molecule has 2 rings (SSSR count). The van der Waals surface area contributed by atoms with Crippen LogP contribution in [-0.2, 0) is 4.74 Å². The van der Waals surface area contributed by atoms with Gasteiger partial charge in [0.1, 0.15) is 5.60 Å². The predicted octanol–water partition coefficient (Wildman–Crippen LogP) is 3.96. The highest BCUT2D eigenvalue weighted by Gasteiger charge is 2.19. The predicted molar refractivity (Wildman–Crippen MR) is 73.6 cm³/mol. The van der Waals surface area contributed by atoms with Crippen LogP contribution < -0.4 is 0 Å². The first-order valence-electron chi connectivity index (χ1n) is 5.87. The maximum Gasteiger partial charge on any atom is 0.338 e. The van der Waals surface area contributed by atoms with Crippen molar-refractivity contribution in [3.8, 4) is 0 Å². The van der Waals surface area contributed by atoms with Gasteiger partial charge in [-0.05, 0) is 42.8 Å². The van der Waals surface area contributed by atoms with Gasteiger partial charge in [0, 0.05) is 0 Å². The van der Waals surface area contributed by atoms with Crippen LogP contribution >= 0.6 is 0 Å². The molecule has 0 amide bonds. The molecular formula is C16H16O2. The minimum atomic E-state index is -0.650. The molecule has 18 heavy (non-hydrogen) atoms. The average molecular weight is 240 g/mol. The van der Waals surface area contributed by atoms with E-state index in [2.05, 4.69) is 6.58 Å². The molecule has 92 valence electrons. The maximum absolute atomic E-state index is 12.0. The number of hydrogen-bond donors (Lipinski definition) is 0. The standard InChI is InChI=1S/C16H16O2/c1-4-16(2,3)18-15(17)14-10-9-12-7-5-6-8-13(12)11-14/h4-11H,1H2,2-3H3. The lowest BCUT2D eigenvalue weighted by Gasteiger charge is -2.20. The van der Waals surface area contributed by atoms with E-state index in [1.165, 1.54) is 0 Å². The number of hydrogen-bond acceptors (Lipinski definition) is 2. The van der Waals surface area contributed by atoms with E-state index in [-0.39, 0.29) is 5.97 Å². The molecular weight excluding hydrogens is 224 g/mol. The largest absolute Gasteiger partial charge is 0.452 e. The van der Waals surface area contributed by atoms with Crippen molar-refractivity contribution in [1.82, 2.24) is 0 Å². The summed E-state index contributed by atoms with van der Waals surface area (Å²) in [6.45, 7) is 7.26. The summed E-state index contributed by atoms with van der Waals surface area (Å²) in [4.78, 5) is 12.0. The smallest absolute Gasteiger partial charge is 0.338 e. The van der Waals surface area contributed by atoms with Gasteiger partial charge in [-0.25, -0.2) is 4.79 Å². The number of carbonyl (C=O) groups is 1. The first-order chi connectivity index (χ1) is 8.52. The number of carbonyl (C=O) groups excluding carboxylic acids is 1. The second kappa shape index (κ2) is 4.65. The summed E-state index contributed by atoms with van der Waals surface area (Å²) >= 11 is 0. The second-order valence-corrected chi connectivity index (χ2v) is 4.76. The molecule has 0 radical (unpaired) electrons. The summed E-state index contributed by atoms with van der Waals surface area (Å²) in [5, 5.41) is 2.14. The van der Waals surface area contributed by atoms with Crippen molar-refractivity contribution in [3.05, 3.63) is 60.7 Å². The summed E-state index contributed by atoms with van der Waals surface area (Å²) in [5.74, 6) is -0.328. The lowest BCUT2D eigenvalue weighted by Crippen LogP contribution is -2.25. The minimum absolute atomic E-state index is 0.328. The van der Waals surface area contributed by atoms with E-state index in [0.717, 1.165) is 10.8 Å². The van der Waals surface area contributed by atoms with Gasteiger partial charge in [-0.1, -0.05) is 36.9 Å². The maximum atomic E-state index is 12.0. The van der Waals surface area contributed by atoms with Crippen LogP contribution in [-0.4, -0.2) is 11.6 Å². The molecule has 0 aliphatic carbocycles. The molecule has 0 aliphatic heterocycles. The van der Waals surface area contributed by atoms with Gasteiger partial charge in [-0.3, -0.25) is 0 Å². The molecule has 0 fully saturated rings. The van der Waals surface area contributed by atoms with E-state index in [4.69, 9.17) is 4.74 Å². The number of fused-ring (bicyclic) bond motifs is 1. The molecule has 2 nitrogen and oxygen atoms in total. The number of esters is 1. The van der Waals surface area contributed by atoms with Gasteiger partial charge in [-0.2, -0.15) is 0 Å². The van der Waals surface area contributed by atoms with Gasteiger partial charge < -0.3 is 4.74 Å². The quantitative estimate of drug-likeness (QED) is 0.599. The average Bonchev–Trinajstić information content (AvgIpc) is 2.37. The van der Waals surface area contributed by atoms with Crippen LogP contribution in [0.3, 0.4) is 0 Å². The zero-order valence-electron chi connectivity index (χ0n) is 10.6. The first-order valence-corrected chi connectivity index (χ1v) is 5.87. The molecule has 0 aromatic heterocycles. The molecule has 0 spiro atoms. The Labute approximate surface area is 107 Å². The molecule has 0 unspecified atom stereocenters. The summed E-state index contributed by atoms with van der Waals surface area (Å²) < 4.78 is 5.36. The topological polar surface area (TPSA) is 26.3 Å². The van der Waals surface area contributed by atoms with Crippen molar-refractivity contribution in [3.63, 3.8) is 0 Å². The second-order valence-electron chi connectivity index (χ2n) is 4.76. The Balaban J connectivity index is 2.31. The fourth-order valence-electron chi connectivity index (χ4n) is 1.66. The zero-order valence-corrected chi connectivity index (χ0v) is 10.6. The van der Waals surface area contributed by atoms with E-state index < -0.39 is 5.60 Å². The van der Waals surface area contributed by atoms with Crippen molar-refractivity contribution < 1.29 is 9.53 Å². The highest BCUT2D eigenvalue weighted by Crippen LogP contribution is 2.19. The van der Waals surface area contributed by atoms with Crippen LogP contribution in [0.1, 0.15) is 24.2 Å². The van der Waals surface area contributed by atoms with Gasteiger partial charge >= 0.3 is 5.97 Å². The monoisotopic (exact) mass is 240 g/mol. The van der Waals surface area contributed by atoms with E-state index in [9.17, 15) is 4.79 Å². The van der Waals surface area contributed by atoms with E-state index in [1.54, 1.807) is 26.0 Å². The zero-order chi connectivity index (χ0) is 13.2. The molecule has 0 aliphatic rings. The Bertz CT molecular complexity index is 597. The Morgan fingerprint density at radius 1 is 1.17 bits per heavy atom. The van der Waals surface area contributed by atoms with E-state index >= 15 is 0 Å². The molecule has 0 bridgehead atoms. The molecule has 2 aromatic carbocycles. The van der Waals surface area contributed by atoms with E-state index in [1.807, 2.05) is 36.4 Å². The van der Waals surface area contributed by atoms with Gasteiger partial charge in [0.05, 0.1) is 5.56 Å². The summed E-state index contributed by atoms with van der Waals surface area (Å²) in [5.41, 5.74) is -0.0912. The van der Waals surface area contributed by atoms with Crippen LogP contribution in [0.2, 0.25) is 0 Å². The Hall–Kier alpha value is -2.09. The summed E-state index contributed by atoms with van der Waals surface area (Å²) in [6, 6.07) is 13.5. The SMILES string of the molecule is C=CC(C)(C)OC(=O)c1ccc2ccccc2c1. The fourth-order valence-corrected chi connectivity index (χ4v) is 1.66. The fraction of sp³-hybridized carbons (Fsp3) is 0.188. The molecule has 2 aromatic rings. The Morgan fingerprint density at radius 3 is 2.50 bits per heavy atom. The number of ether oxygens (including phenoxy) is 1. The summed E-state index contributed by atoms with van der Waals surface area (Å²) in [7, 11) is 0. The molecule has 0 atom stereocenters. The molecule has 0 saturated heterocycles. The van der Waals surface area contributed by atoms with Crippen molar-refractivity contribution in [1.29, 1.82) is 0 Å². The summed E-state index contributed by atoms with van der Waals surface area (Å²) in [6.07, 6.45) is 1.62. The van der Waals surface area contributed by atoms with Crippen LogP contribution in [0.5, 0.6) is 0 Å². The highest BCUT2D eigenvalue weighted by atomic mass is 16.6. The number of rotatable bonds is 3. The molecule has 0 saturated carbocycles. The Morgan fingerprint density at radius 2 is 1.83 bits per heavy atom. The van der Waals surface area contributed by atoms with Crippen LogP contribution in [0.4, 0.5) is 0 Å². The minimum Gasteiger partial charge on any atom is -0.452 e. The lowest BCUT2D eigenvalue weighted by molar-refractivity contribution is 0.0175. The normalized spacial score (nSPS) is 11.2. The van der Waals surface area contributed by atoms with Crippen LogP contribution in [0.15, 0.2) is 55.1 Å². The van der Waals surface area contributed by atoms with Crippen molar-refractivity contribution in [2.24, 2.45) is 0 Å². The highest BCUT2D eigenvalue weighted by molar-refractivity contribution is 5.95. The van der Waals surface area contributed by atoms with Crippen LogP contribution in [0.25, 0.3) is 10.8 Å². The van der Waals surface area contributed by atoms with Gasteiger partial charge in [-0.15, -0.1) is 0 Å². The third kappa shape index (κ3) is 2.59. The van der Waals surface area contributed by atoms with Crippen LogP contribution in [0, 0.1) is 0 Å². The molecule has 2 heteroatoms. The van der Waals surface area contributed by atoms with Gasteiger partial charge in [0.25, 0.3) is 0 Å². The number of benzene rings is 2. The Kier molecular flexibility index (Phi) is 3.19. The third-order valence-electron chi connectivity index (χ3n) is 2.83. The lowest BCUT2D eigenvalue weighted by atomic mass is 10.1. The van der Waals surface area contributed by atoms with Crippen molar-refractivity contribution in [2.75, 3.05) is 0 Å². The van der Waals surface area contributed by atoms with Gasteiger partial charge in [0.2, 0.25) is 0 Å². The van der Waals surface area contributed by atoms with Crippen molar-refractivity contribution in [2.45, 2.75) is 19.4 Å². The third-order valence-corrected chi connectivity index (χ3v) is 2.83. The van der Waals surface area contributed by atoms with Crippen molar-refractivity contribution >= 4 is 16.7 Å². The van der Waals surface area contributed by atoms with Gasteiger partial charge in [0.15, 0.2) is 0 Å².